The Labute approximate surface area is 112 Å². The molecule has 0 bridgehead atoms. The van der Waals surface area contributed by atoms with Crippen molar-refractivity contribution >= 4 is 26.5 Å². The quantitative estimate of drug-likeness (QED) is 0.862. The van der Waals surface area contributed by atoms with E-state index >= 15 is 0 Å². The third-order valence-electron chi connectivity index (χ3n) is 3.05. The van der Waals surface area contributed by atoms with Gasteiger partial charge in [0, 0.05) is 10.9 Å². The van der Waals surface area contributed by atoms with E-state index in [1.165, 1.54) is 11.3 Å². The number of sulfonamides is 1. The molecule has 0 amide bonds. The number of rotatable bonds is 5. The van der Waals surface area contributed by atoms with Gasteiger partial charge in [0.1, 0.15) is 0 Å². The molecule has 1 aromatic rings. The second-order valence-corrected chi connectivity index (χ2v) is 7.52. The van der Waals surface area contributed by atoms with Crippen LogP contribution in [0.1, 0.15) is 30.3 Å². The Hall–Kier alpha value is -0.660. The van der Waals surface area contributed by atoms with Crippen molar-refractivity contribution in [1.29, 1.82) is 0 Å². The molecule has 1 aliphatic rings. The van der Waals surface area contributed by atoms with Crippen LogP contribution in [-0.4, -0.2) is 31.7 Å². The normalized spacial score (nSPS) is 20.2. The third kappa shape index (κ3) is 3.43. The highest BCUT2D eigenvalue weighted by molar-refractivity contribution is 7.92. The maximum atomic E-state index is 12.0. The molecule has 1 aromatic heterocycles. The van der Waals surface area contributed by atoms with Gasteiger partial charge in [-0.3, -0.25) is 4.72 Å². The van der Waals surface area contributed by atoms with E-state index in [1.807, 2.05) is 13.8 Å². The molecule has 1 fully saturated rings. The van der Waals surface area contributed by atoms with Gasteiger partial charge in [-0.25, -0.2) is 13.4 Å². The van der Waals surface area contributed by atoms with Crippen LogP contribution < -0.4 is 10.0 Å². The zero-order valence-corrected chi connectivity index (χ0v) is 12.3. The Morgan fingerprint density at radius 2 is 2.33 bits per heavy atom. The first-order valence-corrected chi connectivity index (χ1v) is 8.67. The minimum absolute atomic E-state index is 0.0780. The molecule has 2 heterocycles. The van der Waals surface area contributed by atoms with E-state index in [-0.39, 0.29) is 11.8 Å². The second kappa shape index (κ2) is 5.54. The lowest BCUT2D eigenvalue weighted by Gasteiger charge is -2.10. The Morgan fingerprint density at radius 1 is 1.56 bits per heavy atom. The lowest BCUT2D eigenvalue weighted by atomic mass is 10.3. The SMILES string of the molecule is CCc1nc(NS(=O)(=O)CC2CCCN2)sc1C. The summed E-state index contributed by atoms with van der Waals surface area (Å²) in [5.41, 5.74) is 0.969. The molecule has 1 aliphatic heterocycles. The first-order valence-electron chi connectivity index (χ1n) is 6.20. The largest absolute Gasteiger partial charge is 0.313 e. The summed E-state index contributed by atoms with van der Waals surface area (Å²) in [6.45, 7) is 4.89. The molecule has 2 rings (SSSR count). The molecule has 7 heteroatoms. The molecule has 0 radical (unpaired) electrons. The van der Waals surface area contributed by atoms with Gasteiger partial charge in [0.2, 0.25) is 10.0 Å². The first kappa shape index (κ1) is 13.8. The van der Waals surface area contributed by atoms with Gasteiger partial charge >= 0.3 is 0 Å². The number of anilines is 1. The molecule has 18 heavy (non-hydrogen) atoms. The summed E-state index contributed by atoms with van der Waals surface area (Å²) >= 11 is 1.40. The topological polar surface area (TPSA) is 71.1 Å². The molecule has 102 valence electrons. The Kier molecular flexibility index (Phi) is 4.24. The van der Waals surface area contributed by atoms with Gasteiger partial charge in [0.15, 0.2) is 5.13 Å². The summed E-state index contributed by atoms with van der Waals surface area (Å²) in [6.07, 6.45) is 2.81. The van der Waals surface area contributed by atoms with E-state index in [9.17, 15) is 8.42 Å². The smallest absolute Gasteiger partial charge is 0.236 e. The van der Waals surface area contributed by atoms with Gasteiger partial charge < -0.3 is 5.32 Å². The number of thiazole rings is 1. The van der Waals surface area contributed by atoms with Crippen LogP contribution in [0.25, 0.3) is 0 Å². The highest BCUT2D eigenvalue weighted by Crippen LogP contribution is 2.23. The van der Waals surface area contributed by atoms with Crippen LogP contribution in [0.2, 0.25) is 0 Å². The van der Waals surface area contributed by atoms with E-state index in [1.54, 1.807) is 0 Å². The molecule has 0 saturated carbocycles. The van der Waals surface area contributed by atoms with Crippen molar-refractivity contribution in [2.24, 2.45) is 0 Å². The van der Waals surface area contributed by atoms with E-state index < -0.39 is 10.0 Å². The van der Waals surface area contributed by atoms with Crippen molar-refractivity contribution in [2.45, 2.75) is 39.2 Å². The summed E-state index contributed by atoms with van der Waals surface area (Å²) in [4.78, 5) is 5.37. The average molecular weight is 289 g/mol. The monoisotopic (exact) mass is 289 g/mol. The van der Waals surface area contributed by atoms with Gasteiger partial charge in [-0.2, -0.15) is 0 Å². The number of aryl methyl sites for hydroxylation is 2. The van der Waals surface area contributed by atoms with Crippen molar-refractivity contribution in [2.75, 3.05) is 17.0 Å². The van der Waals surface area contributed by atoms with Gasteiger partial charge in [-0.15, -0.1) is 11.3 Å². The highest BCUT2D eigenvalue weighted by atomic mass is 32.2. The average Bonchev–Trinajstić information content (AvgIpc) is 2.87. The highest BCUT2D eigenvalue weighted by Gasteiger charge is 2.23. The van der Waals surface area contributed by atoms with Crippen LogP contribution in [0.4, 0.5) is 5.13 Å². The minimum Gasteiger partial charge on any atom is -0.313 e. The fourth-order valence-electron chi connectivity index (χ4n) is 2.14. The third-order valence-corrected chi connectivity index (χ3v) is 5.46. The van der Waals surface area contributed by atoms with Crippen molar-refractivity contribution in [1.82, 2.24) is 10.3 Å². The van der Waals surface area contributed by atoms with Gasteiger partial charge in [-0.1, -0.05) is 6.92 Å². The number of nitrogens with zero attached hydrogens (tertiary/aromatic N) is 1. The lowest BCUT2D eigenvalue weighted by molar-refractivity contribution is 0.581. The number of aromatic nitrogens is 1. The van der Waals surface area contributed by atoms with E-state index in [0.717, 1.165) is 36.4 Å². The summed E-state index contributed by atoms with van der Waals surface area (Å²) < 4.78 is 26.5. The van der Waals surface area contributed by atoms with E-state index in [0.29, 0.717) is 5.13 Å². The number of nitrogens with one attached hydrogen (secondary N) is 2. The van der Waals surface area contributed by atoms with Crippen molar-refractivity contribution in [3.8, 4) is 0 Å². The Bertz CT molecular complexity index is 504. The molecule has 1 atom stereocenters. The Morgan fingerprint density at radius 3 is 2.89 bits per heavy atom. The maximum absolute atomic E-state index is 12.0. The second-order valence-electron chi connectivity index (χ2n) is 4.55. The van der Waals surface area contributed by atoms with Crippen LogP contribution in [0.15, 0.2) is 0 Å². The summed E-state index contributed by atoms with van der Waals surface area (Å²) in [7, 11) is -3.29. The minimum atomic E-state index is -3.29. The molecule has 1 unspecified atom stereocenters. The molecule has 0 aromatic carbocycles. The summed E-state index contributed by atoms with van der Waals surface area (Å²) in [5, 5.41) is 3.68. The zero-order valence-electron chi connectivity index (χ0n) is 10.7. The van der Waals surface area contributed by atoms with Crippen molar-refractivity contribution in [3.05, 3.63) is 10.6 Å². The molecular formula is C11H19N3O2S2. The van der Waals surface area contributed by atoms with Crippen molar-refractivity contribution in [3.63, 3.8) is 0 Å². The van der Waals surface area contributed by atoms with Gasteiger partial charge in [-0.05, 0) is 32.7 Å². The van der Waals surface area contributed by atoms with Crippen LogP contribution in [0, 0.1) is 6.92 Å². The lowest BCUT2D eigenvalue weighted by Crippen LogP contribution is -2.32. The van der Waals surface area contributed by atoms with Crippen LogP contribution >= 0.6 is 11.3 Å². The number of hydrogen-bond donors (Lipinski definition) is 2. The van der Waals surface area contributed by atoms with Crippen molar-refractivity contribution < 1.29 is 8.42 Å². The molecule has 0 aliphatic carbocycles. The predicted octanol–water partition coefficient (Wildman–Crippen LogP) is 1.51. The van der Waals surface area contributed by atoms with Crippen LogP contribution in [0.3, 0.4) is 0 Å². The molecule has 1 saturated heterocycles. The van der Waals surface area contributed by atoms with Crippen LogP contribution in [-0.2, 0) is 16.4 Å². The predicted molar refractivity (Wildman–Crippen MR) is 74.7 cm³/mol. The van der Waals surface area contributed by atoms with E-state index in [4.69, 9.17) is 0 Å². The van der Waals surface area contributed by atoms with Gasteiger partial charge in [0.25, 0.3) is 0 Å². The molecule has 2 N–H and O–H groups in total. The molecular weight excluding hydrogens is 270 g/mol. The zero-order chi connectivity index (χ0) is 13.2. The maximum Gasteiger partial charge on any atom is 0.236 e. The first-order chi connectivity index (χ1) is 8.50. The molecule has 5 nitrogen and oxygen atoms in total. The number of hydrogen-bond acceptors (Lipinski definition) is 5. The summed E-state index contributed by atoms with van der Waals surface area (Å²) in [5.74, 6) is 0.132. The van der Waals surface area contributed by atoms with E-state index in [2.05, 4.69) is 15.0 Å². The van der Waals surface area contributed by atoms with Gasteiger partial charge in [0.05, 0.1) is 11.4 Å². The van der Waals surface area contributed by atoms with Crippen LogP contribution in [0.5, 0.6) is 0 Å². The standard InChI is InChI=1S/C11H19N3O2S2/c1-3-10-8(2)17-11(13-10)14-18(15,16)7-9-5-4-6-12-9/h9,12H,3-7H2,1-2H3,(H,13,14). The Balaban J connectivity index is 2.02. The molecule has 0 spiro atoms. The fraction of sp³-hybridized carbons (Fsp3) is 0.727. The fourth-order valence-corrected chi connectivity index (χ4v) is 4.65. The summed E-state index contributed by atoms with van der Waals surface area (Å²) in [6, 6.07) is 0.0780.